The summed E-state index contributed by atoms with van der Waals surface area (Å²) >= 11 is 0. The third-order valence-electron chi connectivity index (χ3n) is 6.16. The molecule has 0 saturated carbocycles. The van der Waals surface area contributed by atoms with Gasteiger partial charge >= 0.3 is 0 Å². The van der Waals surface area contributed by atoms with E-state index in [-0.39, 0.29) is 0 Å². The lowest BCUT2D eigenvalue weighted by molar-refractivity contribution is -0.105. The normalized spacial score (nSPS) is 11.1. The van der Waals surface area contributed by atoms with E-state index in [1.807, 2.05) is 103 Å². The zero-order valence-electron chi connectivity index (χ0n) is 24.8. The van der Waals surface area contributed by atoms with Gasteiger partial charge in [-0.3, -0.25) is 14.4 Å². The number of benzene rings is 3. The van der Waals surface area contributed by atoms with E-state index in [9.17, 15) is 14.4 Å². The maximum atomic E-state index is 10.9. The van der Waals surface area contributed by atoms with Crippen molar-refractivity contribution in [2.45, 2.75) is 71.6 Å². The van der Waals surface area contributed by atoms with Gasteiger partial charge in [-0.1, -0.05) is 143 Å². The maximum absolute atomic E-state index is 10.9. The summed E-state index contributed by atoms with van der Waals surface area (Å²) in [6.45, 7) is 4.36. The number of hydrogen-bond acceptors (Lipinski definition) is 3. The van der Waals surface area contributed by atoms with E-state index in [4.69, 9.17) is 0 Å². The molecule has 0 aromatic heterocycles. The van der Waals surface area contributed by atoms with Gasteiger partial charge in [-0.15, -0.1) is 0 Å². The van der Waals surface area contributed by atoms with Crippen LogP contribution in [0.15, 0.2) is 108 Å². The van der Waals surface area contributed by atoms with E-state index < -0.39 is 0 Å². The van der Waals surface area contributed by atoms with Gasteiger partial charge < -0.3 is 0 Å². The molecule has 0 spiro atoms. The predicted molar refractivity (Wildman–Crippen MR) is 175 cm³/mol. The highest BCUT2D eigenvalue weighted by atomic mass is 16.1. The average molecular weight is 551 g/mol. The quantitative estimate of drug-likeness (QED) is 0.107. The van der Waals surface area contributed by atoms with Crippen molar-refractivity contribution in [3.8, 4) is 0 Å². The molecule has 3 rings (SSSR count). The highest BCUT2D eigenvalue weighted by Crippen LogP contribution is 2.13. The van der Waals surface area contributed by atoms with Crippen molar-refractivity contribution in [2.75, 3.05) is 0 Å². The van der Waals surface area contributed by atoms with Crippen LogP contribution in [0.1, 0.15) is 88.3 Å². The Hall–Kier alpha value is -4.11. The molecule has 216 valence electrons. The lowest BCUT2D eigenvalue weighted by atomic mass is 10.0. The van der Waals surface area contributed by atoms with Crippen molar-refractivity contribution >= 4 is 37.1 Å². The van der Waals surface area contributed by atoms with E-state index in [0.717, 1.165) is 72.4 Å². The molecule has 0 aliphatic heterocycles. The molecule has 0 N–H and O–H groups in total. The molecular weight excluding hydrogens is 504 g/mol. The first-order valence-electron chi connectivity index (χ1n) is 14.7. The van der Waals surface area contributed by atoms with Crippen LogP contribution < -0.4 is 0 Å². The van der Waals surface area contributed by atoms with Crippen LogP contribution >= 0.6 is 0 Å². The molecule has 0 heterocycles. The van der Waals surface area contributed by atoms with Crippen LogP contribution in [0.5, 0.6) is 0 Å². The number of rotatable bonds is 15. The highest BCUT2D eigenvalue weighted by Gasteiger charge is 1.97. The molecule has 0 aliphatic carbocycles. The second-order valence-corrected chi connectivity index (χ2v) is 9.67. The van der Waals surface area contributed by atoms with Crippen molar-refractivity contribution in [3.63, 3.8) is 0 Å². The van der Waals surface area contributed by atoms with Gasteiger partial charge in [0, 0.05) is 0 Å². The summed E-state index contributed by atoms with van der Waals surface area (Å²) in [5, 5.41) is 0. The first-order valence-corrected chi connectivity index (χ1v) is 14.7. The minimum Gasteiger partial charge on any atom is -0.299 e. The Kier molecular flexibility index (Phi) is 21.2. The first-order chi connectivity index (χ1) is 20.2. The molecule has 3 nitrogen and oxygen atoms in total. The molecular formula is C38H46O3. The lowest BCUT2D eigenvalue weighted by Gasteiger charge is -2.00. The molecule has 41 heavy (non-hydrogen) atoms. The van der Waals surface area contributed by atoms with Gasteiger partial charge in [0.05, 0.1) is 0 Å². The monoisotopic (exact) mass is 550 g/mol. The summed E-state index contributed by atoms with van der Waals surface area (Å²) in [6.07, 6.45) is 20.1. The Balaban J connectivity index is 0.000000316. The van der Waals surface area contributed by atoms with Crippen molar-refractivity contribution in [1.29, 1.82) is 0 Å². The summed E-state index contributed by atoms with van der Waals surface area (Å²) < 4.78 is 0. The van der Waals surface area contributed by atoms with Gasteiger partial charge in [-0.25, -0.2) is 0 Å². The predicted octanol–water partition coefficient (Wildman–Crippen LogP) is 9.99. The minimum absolute atomic E-state index is 0.771. The van der Waals surface area contributed by atoms with Crippen LogP contribution in [0.4, 0.5) is 0 Å². The third kappa shape index (κ3) is 18.7. The maximum Gasteiger partial charge on any atom is 0.146 e. The standard InChI is InChI=1S/C15H20O.C14H18O.C9H8O/c1-2-3-4-6-11-15(13-16)12-14-9-7-5-8-10-14;1-2-3-5-10-14(12-15)11-13-8-6-4-7-9-13;10-8-4-7-9-5-2-1-3-6-9/h5,7-10,12-13H,2-4,6,11H2,1H3;4,6-9,11-12H,2-3,5,10H2,1H3;1-8H. The first kappa shape index (κ1) is 34.9. The Morgan fingerprint density at radius 3 is 1.29 bits per heavy atom. The van der Waals surface area contributed by atoms with Crippen LogP contribution in [-0.2, 0) is 14.4 Å². The highest BCUT2D eigenvalue weighted by molar-refractivity contribution is 5.82. The number of unbranched alkanes of at least 4 members (excludes halogenated alkanes) is 5. The molecule has 0 amide bonds. The lowest BCUT2D eigenvalue weighted by Crippen LogP contribution is -1.86. The molecule has 3 heteroatoms. The SMILES string of the molecule is CCCCCC(C=O)=Cc1ccccc1.CCCCCCC(C=O)=Cc1ccccc1.O=CC=Cc1ccccc1. The van der Waals surface area contributed by atoms with Crippen molar-refractivity contribution < 1.29 is 14.4 Å². The Bertz CT molecular complexity index is 1160. The van der Waals surface area contributed by atoms with Crippen LogP contribution in [0, 0.1) is 0 Å². The Morgan fingerprint density at radius 2 is 0.902 bits per heavy atom. The topological polar surface area (TPSA) is 51.2 Å². The van der Waals surface area contributed by atoms with Gasteiger partial charge in [0.15, 0.2) is 0 Å². The Labute approximate surface area is 247 Å². The van der Waals surface area contributed by atoms with E-state index in [1.54, 1.807) is 6.08 Å². The van der Waals surface area contributed by atoms with Crippen LogP contribution in [0.3, 0.4) is 0 Å². The van der Waals surface area contributed by atoms with Crippen LogP contribution in [-0.4, -0.2) is 18.9 Å². The number of hydrogen-bond donors (Lipinski definition) is 0. The summed E-state index contributed by atoms with van der Waals surface area (Å²) in [5.41, 5.74) is 5.07. The largest absolute Gasteiger partial charge is 0.299 e. The molecule has 3 aromatic rings. The molecule has 0 saturated heterocycles. The minimum atomic E-state index is 0.771. The average Bonchev–Trinajstić information content (AvgIpc) is 3.03. The van der Waals surface area contributed by atoms with Crippen LogP contribution in [0.2, 0.25) is 0 Å². The Morgan fingerprint density at radius 1 is 0.512 bits per heavy atom. The molecule has 0 bridgehead atoms. The smallest absolute Gasteiger partial charge is 0.146 e. The molecule has 3 aromatic carbocycles. The zero-order valence-corrected chi connectivity index (χ0v) is 24.8. The van der Waals surface area contributed by atoms with Gasteiger partial charge in [-0.2, -0.15) is 0 Å². The molecule has 0 atom stereocenters. The number of carbonyl (C=O) groups excluding carboxylic acids is 3. The molecule has 0 unspecified atom stereocenters. The van der Waals surface area contributed by atoms with Gasteiger partial charge in [0.1, 0.15) is 18.9 Å². The number of carbonyl (C=O) groups is 3. The van der Waals surface area contributed by atoms with E-state index >= 15 is 0 Å². The van der Waals surface area contributed by atoms with E-state index in [0.29, 0.717) is 0 Å². The second kappa shape index (κ2) is 24.9. The third-order valence-corrected chi connectivity index (χ3v) is 6.16. The summed E-state index contributed by atoms with van der Waals surface area (Å²) in [6, 6.07) is 29.7. The van der Waals surface area contributed by atoms with E-state index in [1.165, 1.54) is 38.2 Å². The number of allylic oxidation sites excluding steroid dienone is 3. The second-order valence-electron chi connectivity index (χ2n) is 9.67. The van der Waals surface area contributed by atoms with Crippen molar-refractivity contribution in [1.82, 2.24) is 0 Å². The molecule has 0 fully saturated rings. The van der Waals surface area contributed by atoms with Crippen LogP contribution in [0.25, 0.3) is 18.2 Å². The fraction of sp³-hybridized carbons (Fsp3) is 0.289. The summed E-state index contributed by atoms with van der Waals surface area (Å²) in [4.78, 5) is 31.6. The fourth-order valence-corrected chi connectivity index (χ4v) is 3.91. The summed E-state index contributed by atoms with van der Waals surface area (Å²) in [7, 11) is 0. The van der Waals surface area contributed by atoms with Gasteiger partial charge in [0.25, 0.3) is 0 Å². The van der Waals surface area contributed by atoms with Crippen molar-refractivity contribution in [3.05, 3.63) is 125 Å². The molecule has 0 aliphatic rings. The summed E-state index contributed by atoms with van der Waals surface area (Å²) in [5.74, 6) is 0. The van der Waals surface area contributed by atoms with E-state index in [2.05, 4.69) is 13.8 Å². The number of aldehydes is 3. The fourth-order valence-electron chi connectivity index (χ4n) is 3.91. The molecule has 0 radical (unpaired) electrons. The van der Waals surface area contributed by atoms with Gasteiger partial charge in [-0.05, 0) is 71.7 Å². The van der Waals surface area contributed by atoms with Gasteiger partial charge in [0.2, 0.25) is 0 Å². The zero-order chi connectivity index (χ0) is 29.8. The van der Waals surface area contributed by atoms with Crippen molar-refractivity contribution in [2.24, 2.45) is 0 Å².